The maximum Gasteiger partial charge on any atom is 0.304 e. The van der Waals surface area contributed by atoms with Gasteiger partial charge in [0.25, 0.3) is 10.0 Å². The summed E-state index contributed by atoms with van der Waals surface area (Å²) in [5.41, 5.74) is 0. The van der Waals surface area contributed by atoms with E-state index in [0.29, 0.717) is 4.41 Å². The van der Waals surface area contributed by atoms with E-state index in [0.717, 1.165) is 0 Å². The first-order valence-electron chi connectivity index (χ1n) is 4.49. The first kappa shape index (κ1) is 12.6. The minimum Gasteiger partial charge on any atom is -0.481 e. The summed E-state index contributed by atoms with van der Waals surface area (Å²) in [6.45, 7) is -0.257. The molecular formula is C9H12N2O4S. The second kappa shape index (κ2) is 5.06. The van der Waals surface area contributed by atoms with Crippen LogP contribution in [-0.2, 0) is 14.8 Å². The lowest BCUT2D eigenvalue weighted by molar-refractivity contribution is -0.137. The van der Waals surface area contributed by atoms with E-state index in [-0.39, 0.29) is 17.9 Å². The first-order chi connectivity index (χ1) is 7.44. The monoisotopic (exact) mass is 244 g/mol. The summed E-state index contributed by atoms with van der Waals surface area (Å²) in [4.78, 5) is 10.3. The molecule has 0 saturated carbocycles. The molecule has 0 amide bonds. The highest BCUT2D eigenvalue weighted by molar-refractivity contribution is 7.89. The Kier molecular flexibility index (Phi) is 3.99. The summed E-state index contributed by atoms with van der Waals surface area (Å²) in [7, 11) is -3.79. The molecule has 0 bridgehead atoms. The molecule has 0 unspecified atom stereocenters. The largest absolute Gasteiger partial charge is 0.481 e. The summed E-state index contributed by atoms with van der Waals surface area (Å²) >= 11 is 0. The van der Waals surface area contributed by atoms with Crippen LogP contribution in [0.1, 0.15) is 6.42 Å². The van der Waals surface area contributed by atoms with Gasteiger partial charge in [0, 0.05) is 6.54 Å². The highest BCUT2D eigenvalue weighted by atomic mass is 32.2. The van der Waals surface area contributed by atoms with E-state index >= 15 is 0 Å². The molecule has 0 radical (unpaired) electrons. The van der Waals surface area contributed by atoms with Crippen LogP contribution in [0.3, 0.4) is 0 Å². The van der Waals surface area contributed by atoms with Gasteiger partial charge in [-0.15, -0.1) is 4.41 Å². The highest BCUT2D eigenvalue weighted by Gasteiger charge is 2.21. The lowest BCUT2D eigenvalue weighted by atomic mass is 10.4. The number of aliphatic carboxylic acids is 1. The smallest absolute Gasteiger partial charge is 0.304 e. The molecular weight excluding hydrogens is 232 g/mol. The second-order valence-electron chi connectivity index (χ2n) is 3.07. The topological polar surface area (TPSA) is 101 Å². The SMILES string of the molecule is NN(CCC(=O)O)S(=O)(=O)c1ccccc1. The molecule has 0 aliphatic heterocycles. The molecule has 0 aliphatic rings. The molecule has 0 heterocycles. The number of hydrazine groups is 1. The fourth-order valence-corrected chi connectivity index (χ4v) is 2.16. The lowest BCUT2D eigenvalue weighted by Crippen LogP contribution is -2.38. The molecule has 7 heteroatoms. The quantitative estimate of drug-likeness (QED) is 0.562. The number of nitrogens with two attached hydrogens (primary N) is 1. The van der Waals surface area contributed by atoms with Crippen molar-refractivity contribution >= 4 is 16.0 Å². The zero-order valence-corrected chi connectivity index (χ0v) is 9.22. The Bertz CT molecular complexity index is 458. The zero-order chi connectivity index (χ0) is 12.2. The van der Waals surface area contributed by atoms with E-state index in [2.05, 4.69) is 0 Å². The van der Waals surface area contributed by atoms with E-state index in [4.69, 9.17) is 10.9 Å². The van der Waals surface area contributed by atoms with Crippen molar-refractivity contribution < 1.29 is 18.3 Å². The van der Waals surface area contributed by atoms with Crippen LogP contribution in [0.2, 0.25) is 0 Å². The predicted molar refractivity (Wildman–Crippen MR) is 56.8 cm³/mol. The molecule has 0 saturated heterocycles. The van der Waals surface area contributed by atoms with Gasteiger partial charge in [-0.05, 0) is 12.1 Å². The number of benzene rings is 1. The number of sulfonamides is 1. The minimum absolute atomic E-state index is 0.0443. The van der Waals surface area contributed by atoms with E-state index in [9.17, 15) is 13.2 Å². The van der Waals surface area contributed by atoms with E-state index in [1.165, 1.54) is 12.1 Å². The summed E-state index contributed by atoms with van der Waals surface area (Å²) in [6.07, 6.45) is -0.331. The van der Waals surface area contributed by atoms with Gasteiger partial charge < -0.3 is 5.11 Å². The lowest BCUT2D eigenvalue weighted by Gasteiger charge is -2.15. The van der Waals surface area contributed by atoms with E-state index in [1.54, 1.807) is 18.2 Å². The average molecular weight is 244 g/mol. The third kappa shape index (κ3) is 3.02. The van der Waals surface area contributed by atoms with Crippen molar-refractivity contribution in [3.63, 3.8) is 0 Å². The van der Waals surface area contributed by atoms with Crippen molar-refractivity contribution in [2.45, 2.75) is 11.3 Å². The molecule has 1 aromatic carbocycles. The second-order valence-corrected chi connectivity index (χ2v) is 4.96. The van der Waals surface area contributed by atoms with Gasteiger partial charge in [-0.2, -0.15) is 0 Å². The molecule has 0 aliphatic carbocycles. The minimum atomic E-state index is -3.79. The Morgan fingerprint density at radius 2 is 1.88 bits per heavy atom. The summed E-state index contributed by atoms with van der Waals surface area (Å²) in [5, 5.41) is 8.42. The van der Waals surface area contributed by atoms with Gasteiger partial charge in [-0.25, -0.2) is 8.42 Å². The predicted octanol–water partition coefficient (Wildman–Crippen LogP) is 0.0257. The van der Waals surface area contributed by atoms with Gasteiger partial charge in [0.1, 0.15) is 0 Å². The van der Waals surface area contributed by atoms with Crippen molar-refractivity contribution in [2.24, 2.45) is 5.84 Å². The molecule has 0 fully saturated rings. The van der Waals surface area contributed by atoms with Crippen LogP contribution in [-0.4, -0.2) is 30.5 Å². The van der Waals surface area contributed by atoms with Gasteiger partial charge in [0.15, 0.2) is 0 Å². The number of carboxylic acid groups (broad SMARTS) is 1. The average Bonchev–Trinajstić information content (AvgIpc) is 2.27. The van der Waals surface area contributed by atoms with Crippen LogP contribution < -0.4 is 5.84 Å². The fraction of sp³-hybridized carbons (Fsp3) is 0.222. The van der Waals surface area contributed by atoms with Gasteiger partial charge in [0.05, 0.1) is 11.3 Å². The van der Waals surface area contributed by atoms with Crippen molar-refractivity contribution in [1.82, 2.24) is 4.41 Å². The summed E-state index contributed by atoms with van der Waals surface area (Å²) < 4.78 is 24.0. The van der Waals surface area contributed by atoms with Crippen LogP contribution in [0.4, 0.5) is 0 Å². The van der Waals surface area contributed by atoms with Crippen LogP contribution in [0.25, 0.3) is 0 Å². The normalized spacial score (nSPS) is 11.6. The van der Waals surface area contributed by atoms with Gasteiger partial charge in [-0.3, -0.25) is 10.6 Å². The molecule has 6 nitrogen and oxygen atoms in total. The highest BCUT2D eigenvalue weighted by Crippen LogP contribution is 2.11. The Morgan fingerprint density at radius 3 is 2.38 bits per heavy atom. The molecule has 16 heavy (non-hydrogen) atoms. The van der Waals surface area contributed by atoms with Gasteiger partial charge in [-0.1, -0.05) is 18.2 Å². The maximum atomic E-state index is 11.8. The van der Waals surface area contributed by atoms with Crippen molar-refractivity contribution in [2.75, 3.05) is 6.54 Å². The number of nitrogens with zero attached hydrogens (tertiary/aromatic N) is 1. The standard InChI is InChI=1S/C9H12N2O4S/c10-11(7-6-9(12)13)16(14,15)8-4-2-1-3-5-8/h1-5H,6-7,10H2,(H,12,13). The zero-order valence-electron chi connectivity index (χ0n) is 8.41. The first-order valence-corrected chi connectivity index (χ1v) is 5.93. The number of hydrogen-bond acceptors (Lipinski definition) is 4. The Labute approximate surface area is 93.3 Å². The number of hydrogen-bond donors (Lipinski definition) is 2. The number of rotatable bonds is 5. The van der Waals surface area contributed by atoms with E-state index < -0.39 is 16.0 Å². The molecule has 3 N–H and O–H groups in total. The van der Waals surface area contributed by atoms with Crippen molar-refractivity contribution in [3.05, 3.63) is 30.3 Å². The Hall–Kier alpha value is -1.44. The molecule has 1 rings (SSSR count). The fourth-order valence-electron chi connectivity index (χ4n) is 1.05. The summed E-state index contributed by atoms with van der Waals surface area (Å²) in [6, 6.07) is 7.61. The molecule has 0 atom stereocenters. The molecule has 0 spiro atoms. The Morgan fingerprint density at radius 1 is 1.31 bits per heavy atom. The molecule has 0 aromatic heterocycles. The van der Waals surface area contributed by atoms with Crippen LogP contribution in [0, 0.1) is 0 Å². The molecule has 88 valence electrons. The third-order valence-corrected chi connectivity index (χ3v) is 3.56. The number of carboxylic acids is 1. The summed E-state index contributed by atoms with van der Waals surface area (Å²) in [5.74, 6) is 4.22. The van der Waals surface area contributed by atoms with Crippen LogP contribution in [0.5, 0.6) is 0 Å². The van der Waals surface area contributed by atoms with E-state index in [1.807, 2.05) is 0 Å². The number of carbonyl (C=O) groups is 1. The maximum absolute atomic E-state index is 11.8. The van der Waals surface area contributed by atoms with Gasteiger partial charge >= 0.3 is 5.97 Å². The molecule has 1 aromatic rings. The Balaban J connectivity index is 2.82. The van der Waals surface area contributed by atoms with Crippen LogP contribution >= 0.6 is 0 Å². The van der Waals surface area contributed by atoms with Crippen LogP contribution in [0.15, 0.2) is 35.2 Å². The van der Waals surface area contributed by atoms with Crippen molar-refractivity contribution in [3.8, 4) is 0 Å². The third-order valence-electron chi connectivity index (χ3n) is 1.90. The van der Waals surface area contributed by atoms with Crippen molar-refractivity contribution in [1.29, 1.82) is 0 Å². The van der Waals surface area contributed by atoms with Gasteiger partial charge in [0.2, 0.25) is 0 Å².